The molecule has 1 heterocycles. The Balaban J connectivity index is 0.000000383. The van der Waals surface area contributed by atoms with E-state index in [0.717, 1.165) is 5.56 Å². The zero-order valence-corrected chi connectivity index (χ0v) is 10.9. The van der Waals surface area contributed by atoms with E-state index in [0.29, 0.717) is 6.42 Å². The summed E-state index contributed by atoms with van der Waals surface area (Å²) in [6, 6.07) is 5.85. The van der Waals surface area contributed by atoms with Crippen LogP contribution in [0.1, 0.15) is 24.8 Å². The summed E-state index contributed by atoms with van der Waals surface area (Å²) in [5.74, 6) is -1.13. The topological polar surface area (TPSA) is 49.3 Å². The number of nitrogens with one attached hydrogen (secondary N) is 1. The minimum absolute atomic E-state index is 0.0889. The van der Waals surface area contributed by atoms with Gasteiger partial charge in [-0.15, -0.1) is 12.8 Å². The molecule has 0 bridgehead atoms. The van der Waals surface area contributed by atoms with Crippen molar-refractivity contribution in [3.63, 3.8) is 0 Å². The Morgan fingerprint density at radius 3 is 2.11 bits per heavy atom. The lowest BCUT2D eigenvalue weighted by molar-refractivity contribution is -0.136. The van der Waals surface area contributed by atoms with Gasteiger partial charge in [0.05, 0.1) is 0 Å². The van der Waals surface area contributed by atoms with Crippen LogP contribution in [0.25, 0.3) is 0 Å². The average Bonchev–Trinajstić information content (AvgIpc) is 2.99. The summed E-state index contributed by atoms with van der Waals surface area (Å²) in [7, 11) is 0. The number of carboxylic acid groups (broad SMARTS) is 1. The molecule has 3 nitrogen and oxygen atoms in total. The molecule has 1 saturated heterocycles. The summed E-state index contributed by atoms with van der Waals surface area (Å²) < 4.78 is 12.4. The van der Waals surface area contributed by atoms with Crippen molar-refractivity contribution >= 4 is 5.97 Å². The van der Waals surface area contributed by atoms with Crippen molar-refractivity contribution in [2.24, 2.45) is 0 Å². The van der Waals surface area contributed by atoms with Gasteiger partial charge < -0.3 is 10.4 Å². The van der Waals surface area contributed by atoms with Gasteiger partial charge in [0, 0.05) is 6.42 Å². The van der Waals surface area contributed by atoms with E-state index in [-0.39, 0.29) is 12.2 Å². The molecule has 0 unspecified atom stereocenters. The van der Waals surface area contributed by atoms with Crippen LogP contribution in [-0.2, 0) is 11.2 Å². The lowest BCUT2D eigenvalue weighted by Crippen LogP contribution is -2.03. The van der Waals surface area contributed by atoms with E-state index in [2.05, 4.69) is 18.2 Å². The van der Waals surface area contributed by atoms with Crippen molar-refractivity contribution in [3.8, 4) is 12.8 Å². The summed E-state index contributed by atoms with van der Waals surface area (Å²) in [5, 5.41) is 11.6. The first-order valence-corrected chi connectivity index (χ1v) is 6.19. The van der Waals surface area contributed by atoms with Crippen LogP contribution < -0.4 is 5.32 Å². The highest BCUT2D eigenvalue weighted by molar-refractivity contribution is 5.67. The molecule has 1 aliphatic rings. The largest absolute Gasteiger partial charge is 0.481 e. The van der Waals surface area contributed by atoms with Crippen molar-refractivity contribution in [1.82, 2.24) is 5.32 Å². The number of rotatable bonds is 3. The van der Waals surface area contributed by atoms with Gasteiger partial charge in [-0.1, -0.05) is 12.1 Å². The van der Waals surface area contributed by atoms with E-state index < -0.39 is 5.97 Å². The molecule has 0 aliphatic carbocycles. The van der Waals surface area contributed by atoms with Gasteiger partial charge >= 0.3 is 5.97 Å². The molecule has 4 heteroatoms. The minimum Gasteiger partial charge on any atom is -0.481 e. The van der Waals surface area contributed by atoms with Crippen LogP contribution in [0.5, 0.6) is 0 Å². The van der Waals surface area contributed by atoms with Gasteiger partial charge in [-0.3, -0.25) is 4.79 Å². The fourth-order valence-electron chi connectivity index (χ4n) is 1.53. The van der Waals surface area contributed by atoms with Crippen molar-refractivity contribution in [2.45, 2.75) is 25.7 Å². The highest BCUT2D eigenvalue weighted by Gasteiger charge is 1.98. The Labute approximate surface area is 113 Å². The first-order valence-electron chi connectivity index (χ1n) is 6.19. The standard InChI is InChI=1S/C9H9FO2.C4H9N.C2H2/c10-8-4-1-7(2-5-8)3-6-9(11)12;1-2-4-5-3-1;1-2/h1-2,4-5H,3,6H2,(H,11,12);5H,1-4H2;1-2H. The van der Waals surface area contributed by atoms with Crippen LogP contribution in [-0.4, -0.2) is 24.2 Å². The molecule has 1 aromatic rings. The average molecular weight is 265 g/mol. The van der Waals surface area contributed by atoms with Crippen molar-refractivity contribution in [2.75, 3.05) is 13.1 Å². The SMILES string of the molecule is C#C.C1CCNC1.O=C(O)CCc1ccc(F)cc1. The Bertz CT molecular complexity index is 362. The molecule has 19 heavy (non-hydrogen) atoms. The van der Waals surface area contributed by atoms with E-state index in [1.807, 2.05) is 0 Å². The second kappa shape index (κ2) is 11.2. The third-order valence-corrected chi connectivity index (χ3v) is 2.50. The number of carboxylic acids is 1. The van der Waals surface area contributed by atoms with Gasteiger partial charge in [0.25, 0.3) is 0 Å². The molecule has 104 valence electrons. The molecule has 1 aromatic carbocycles. The Hall–Kier alpha value is -1.86. The second-order valence-corrected chi connectivity index (χ2v) is 3.98. The number of carbonyl (C=O) groups is 1. The number of halogens is 1. The number of aliphatic carboxylic acids is 1. The van der Waals surface area contributed by atoms with Crippen LogP contribution in [0.15, 0.2) is 24.3 Å². The summed E-state index contributed by atoms with van der Waals surface area (Å²) >= 11 is 0. The lowest BCUT2D eigenvalue weighted by Gasteiger charge is -1.96. The summed E-state index contributed by atoms with van der Waals surface area (Å²) in [4.78, 5) is 10.2. The van der Waals surface area contributed by atoms with Crippen LogP contribution in [0.3, 0.4) is 0 Å². The molecule has 1 fully saturated rings. The van der Waals surface area contributed by atoms with Crippen molar-refractivity contribution in [1.29, 1.82) is 0 Å². The summed E-state index contributed by atoms with van der Waals surface area (Å²) in [6.07, 6.45) is 11.3. The summed E-state index contributed by atoms with van der Waals surface area (Å²) in [6.45, 7) is 2.50. The maximum absolute atomic E-state index is 12.4. The van der Waals surface area contributed by atoms with Gasteiger partial charge in [-0.2, -0.15) is 0 Å². The van der Waals surface area contributed by atoms with Crippen LogP contribution in [0.2, 0.25) is 0 Å². The first-order chi connectivity index (χ1) is 9.18. The van der Waals surface area contributed by atoms with E-state index in [1.165, 1.54) is 38.1 Å². The zero-order valence-electron chi connectivity index (χ0n) is 10.9. The van der Waals surface area contributed by atoms with Crippen LogP contribution in [0, 0.1) is 18.7 Å². The third kappa shape index (κ3) is 9.81. The predicted molar refractivity (Wildman–Crippen MR) is 74.4 cm³/mol. The van der Waals surface area contributed by atoms with E-state index in [1.54, 1.807) is 12.1 Å². The van der Waals surface area contributed by atoms with Crippen molar-refractivity contribution in [3.05, 3.63) is 35.6 Å². The smallest absolute Gasteiger partial charge is 0.303 e. The van der Waals surface area contributed by atoms with E-state index >= 15 is 0 Å². The molecule has 0 radical (unpaired) electrons. The second-order valence-electron chi connectivity index (χ2n) is 3.98. The Morgan fingerprint density at radius 1 is 1.21 bits per heavy atom. The molecule has 2 rings (SSSR count). The highest BCUT2D eigenvalue weighted by Crippen LogP contribution is 2.04. The third-order valence-electron chi connectivity index (χ3n) is 2.50. The predicted octanol–water partition coefficient (Wildman–Crippen LogP) is 2.46. The maximum atomic E-state index is 12.4. The van der Waals surface area contributed by atoms with Gasteiger partial charge in [-0.05, 0) is 50.0 Å². The zero-order chi connectivity index (χ0) is 14.5. The first kappa shape index (κ1) is 17.1. The number of terminal acetylenes is 1. The quantitative estimate of drug-likeness (QED) is 0.825. The Morgan fingerprint density at radius 2 is 1.74 bits per heavy atom. The highest BCUT2D eigenvalue weighted by atomic mass is 19.1. The van der Waals surface area contributed by atoms with Crippen LogP contribution >= 0.6 is 0 Å². The Kier molecular flexibility index (Phi) is 10.1. The fraction of sp³-hybridized carbons (Fsp3) is 0.400. The van der Waals surface area contributed by atoms with E-state index in [4.69, 9.17) is 5.11 Å². The molecule has 0 atom stereocenters. The van der Waals surface area contributed by atoms with Crippen LogP contribution in [0.4, 0.5) is 4.39 Å². The molecule has 2 N–H and O–H groups in total. The molecular weight excluding hydrogens is 245 g/mol. The van der Waals surface area contributed by atoms with Gasteiger partial charge in [0.1, 0.15) is 5.82 Å². The molecule has 0 spiro atoms. The monoisotopic (exact) mass is 265 g/mol. The molecule has 0 aromatic heterocycles. The molecule has 0 saturated carbocycles. The number of hydrogen-bond acceptors (Lipinski definition) is 2. The normalized spacial score (nSPS) is 12.6. The minimum atomic E-state index is -0.834. The van der Waals surface area contributed by atoms with Gasteiger partial charge in [0.2, 0.25) is 0 Å². The lowest BCUT2D eigenvalue weighted by atomic mass is 10.1. The van der Waals surface area contributed by atoms with Gasteiger partial charge in [0.15, 0.2) is 0 Å². The molecular formula is C15H20FNO2. The van der Waals surface area contributed by atoms with E-state index in [9.17, 15) is 9.18 Å². The molecule has 0 amide bonds. The van der Waals surface area contributed by atoms with Gasteiger partial charge in [-0.25, -0.2) is 4.39 Å². The maximum Gasteiger partial charge on any atom is 0.303 e. The summed E-state index contributed by atoms with van der Waals surface area (Å²) in [5.41, 5.74) is 0.846. The van der Waals surface area contributed by atoms with Crippen molar-refractivity contribution < 1.29 is 14.3 Å². The number of benzene rings is 1. The fourth-order valence-corrected chi connectivity index (χ4v) is 1.53. The molecule has 1 aliphatic heterocycles. The number of aryl methyl sites for hydroxylation is 1. The number of hydrogen-bond donors (Lipinski definition) is 2.